The van der Waals surface area contributed by atoms with Crippen molar-refractivity contribution in [1.82, 2.24) is 5.32 Å². The average molecular weight is 302 g/mol. The zero-order valence-electron chi connectivity index (χ0n) is 12.4. The molecule has 2 aromatic rings. The van der Waals surface area contributed by atoms with Crippen LogP contribution in [0.15, 0.2) is 18.2 Å². The van der Waals surface area contributed by atoms with E-state index >= 15 is 0 Å². The number of aryl methyl sites for hydroxylation is 1. The number of hydrogen-bond acceptors (Lipinski definition) is 3. The summed E-state index contributed by atoms with van der Waals surface area (Å²) in [5.41, 5.74) is 7.94. The van der Waals surface area contributed by atoms with Crippen molar-refractivity contribution in [2.45, 2.75) is 39.0 Å². The largest absolute Gasteiger partial charge is 0.397 e. The second-order valence-corrected chi connectivity index (χ2v) is 7.09. The molecule has 1 aliphatic carbocycles. The Hall–Kier alpha value is -1.55. The molecule has 0 spiro atoms. The summed E-state index contributed by atoms with van der Waals surface area (Å²) >= 11 is 1.49. The maximum absolute atomic E-state index is 12.3. The third-order valence-corrected chi connectivity index (χ3v) is 5.57. The molecule has 21 heavy (non-hydrogen) atoms. The van der Waals surface area contributed by atoms with Gasteiger partial charge in [-0.2, -0.15) is 0 Å². The molecule has 0 radical (unpaired) electrons. The second-order valence-electron chi connectivity index (χ2n) is 6.04. The van der Waals surface area contributed by atoms with Gasteiger partial charge in [0.2, 0.25) is 0 Å². The number of anilines is 1. The monoisotopic (exact) mass is 302 g/mol. The van der Waals surface area contributed by atoms with Gasteiger partial charge in [0.25, 0.3) is 5.91 Å². The maximum Gasteiger partial charge on any atom is 0.263 e. The van der Waals surface area contributed by atoms with E-state index in [0.29, 0.717) is 10.6 Å². The quantitative estimate of drug-likeness (QED) is 0.893. The molecule has 1 amide bonds. The van der Waals surface area contributed by atoms with Gasteiger partial charge in [-0.1, -0.05) is 37.8 Å². The van der Waals surface area contributed by atoms with Gasteiger partial charge < -0.3 is 11.1 Å². The Balaban J connectivity index is 1.67. The first-order valence-electron chi connectivity index (χ1n) is 7.72. The van der Waals surface area contributed by atoms with Gasteiger partial charge in [-0.25, -0.2) is 0 Å². The first-order valence-corrected chi connectivity index (χ1v) is 8.53. The van der Waals surface area contributed by atoms with Gasteiger partial charge in [0, 0.05) is 16.6 Å². The fraction of sp³-hybridized carbons (Fsp3) is 0.471. The van der Waals surface area contributed by atoms with Crippen LogP contribution in [0.4, 0.5) is 5.69 Å². The van der Waals surface area contributed by atoms with Crippen LogP contribution in [0.2, 0.25) is 0 Å². The van der Waals surface area contributed by atoms with Crippen molar-refractivity contribution in [3.63, 3.8) is 0 Å². The minimum Gasteiger partial charge on any atom is -0.397 e. The number of nitrogens with one attached hydrogen (secondary N) is 1. The molecule has 0 unspecified atom stereocenters. The second kappa shape index (κ2) is 6.06. The van der Waals surface area contributed by atoms with E-state index in [4.69, 9.17) is 5.73 Å². The number of fused-ring (bicyclic) bond motifs is 1. The number of nitrogens with two attached hydrogens (primary N) is 1. The van der Waals surface area contributed by atoms with E-state index in [1.807, 2.05) is 12.1 Å². The van der Waals surface area contributed by atoms with Crippen LogP contribution in [0.1, 0.15) is 47.3 Å². The van der Waals surface area contributed by atoms with Crippen molar-refractivity contribution in [2.24, 2.45) is 5.92 Å². The molecule has 0 saturated heterocycles. The molecule has 4 heteroatoms. The van der Waals surface area contributed by atoms with Crippen LogP contribution in [0.25, 0.3) is 10.1 Å². The summed E-state index contributed by atoms with van der Waals surface area (Å²) in [6, 6.07) is 6.13. The molecule has 3 N–H and O–H groups in total. The lowest BCUT2D eigenvalue weighted by atomic mass is 10.0. The molecular weight excluding hydrogens is 280 g/mol. The zero-order valence-corrected chi connectivity index (χ0v) is 13.3. The highest BCUT2D eigenvalue weighted by molar-refractivity contribution is 7.21. The Bertz CT molecular complexity index is 656. The predicted molar refractivity (Wildman–Crippen MR) is 89.9 cm³/mol. The smallest absolute Gasteiger partial charge is 0.263 e. The highest BCUT2D eigenvalue weighted by Crippen LogP contribution is 2.34. The Kier molecular flexibility index (Phi) is 4.15. The van der Waals surface area contributed by atoms with Crippen LogP contribution < -0.4 is 11.1 Å². The minimum absolute atomic E-state index is 0.0238. The molecule has 3 nitrogen and oxygen atoms in total. The van der Waals surface area contributed by atoms with Gasteiger partial charge in [-0.3, -0.25) is 4.79 Å². The number of thiophene rings is 1. The van der Waals surface area contributed by atoms with Crippen LogP contribution in [-0.4, -0.2) is 12.5 Å². The molecule has 3 rings (SSSR count). The molecule has 1 heterocycles. The van der Waals surface area contributed by atoms with E-state index in [9.17, 15) is 4.79 Å². The third kappa shape index (κ3) is 3.05. The number of carbonyl (C=O) groups is 1. The Labute approximate surface area is 129 Å². The lowest BCUT2D eigenvalue weighted by Crippen LogP contribution is -2.25. The zero-order chi connectivity index (χ0) is 14.8. The van der Waals surface area contributed by atoms with E-state index in [-0.39, 0.29) is 5.91 Å². The molecule has 0 bridgehead atoms. The van der Waals surface area contributed by atoms with Crippen LogP contribution >= 0.6 is 11.3 Å². The minimum atomic E-state index is -0.0238. The number of amides is 1. The van der Waals surface area contributed by atoms with Gasteiger partial charge >= 0.3 is 0 Å². The number of benzene rings is 1. The molecular formula is C17H22N2OS. The van der Waals surface area contributed by atoms with E-state index < -0.39 is 0 Å². The average Bonchev–Trinajstić information content (AvgIpc) is 3.07. The fourth-order valence-electron chi connectivity index (χ4n) is 3.16. The van der Waals surface area contributed by atoms with E-state index in [2.05, 4.69) is 18.3 Å². The number of carbonyl (C=O) groups excluding carboxylic acids is 1. The summed E-state index contributed by atoms with van der Waals surface area (Å²) in [5.74, 6) is 0.775. The van der Waals surface area contributed by atoms with Gasteiger partial charge in [-0.05, 0) is 30.9 Å². The topological polar surface area (TPSA) is 55.1 Å². The van der Waals surface area contributed by atoms with Gasteiger partial charge in [-0.15, -0.1) is 11.3 Å². The van der Waals surface area contributed by atoms with E-state index in [1.165, 1.54) is 42.6 Å². The predicted octanol–water partition coefficient (Wildman–Crippen LogP) is 4.10. The van der Waals surface area contributed by atoms with Crippen molar-refractivity contribution in [3.05, 3.63) is 28.6 Å². The lowest BCUT2D eigenvalue weighted by molar-refractivity contribution is 0.0956. The Morgan fingerprint density at radius 1 is 1.38 bits per heavy atom. The summed E-state index contributed by atoms with van der Waals surface area (Å²) in [6.07, 6.45) is 6.43. The molecule has 1 aromatic carbocycles. The summed E-state index contributed by atoms with van der Waals surface area (Å²) < 4.78 is 1.09. The molecule has 1 aliphatic rings. The van der Waals surface area contributed by atoms with Crippen molar-refractivity contribution < 1.29 is 4.79 Å². The Morgan fingerprint density at radius 3 is 2.90 bits per heavy atom. The van der Waals surface area contributed by atoms with Gasteiger partial charge in [0.15, 0.2) is 0 Å². The van der Waals surface area contributed by atoms with Crippen molar-refractivity contribution in [1.29, 1.82) is 0 Å². The van der Waals surface area contributed by atoms with Crippen LogP contribution in [0, 0.1) is 12.8 Å². The molecule has 112 valence electrons. The normalized spacial score (nSPS) is 15.7. The van der Waals surface area contributed by atoms with Crippen LogP contribution in [0.3, 0.4) is 0 Å². The fourth-order valence-corrected chi connectivity index (χ4v) is 4.30. The molecule has 1 saturated carbocycles. The maximum atomic E-state index is 12.3. The highest BCUT2D eigenvalue weighted by atomic mass is 32.1. The van der Waals surface area contributed by atoms with Crippen molar-refractivity contribution >= 4 is 33.0 Å². The van der Waals surface area contributed by atoms with Crippen molar-refractivity contribution in [3.8, 4) is 0 Å². The third-order valence-electron chi connectivity index (χ3n) is 4.40. The van der Waals surface area contributed by atoms with Gasteiger partial charge in [0.1, 0.15) is 4.88 Å². The van der Waals surface area contributed by atoms with E-state index in [1.54, 1.807) is 0 Å². The standard InChI is InChI=1S/C17H22N2OS/c1-11-6-7-13-14(10-11)21-16(15(13)18)17(20)19-9-8-12-4-2-3-5-12/h6-7,10,12H,2-5,8-9,18H2,1H3,(H,19,20). The molecule has 0 atom stereocenters. The molecule has 1 fully saturated rings. The van der Waals surface area contributed by atoms with Crippen molar-refractivity contribution in [2.75, 3.05) is 12.3 Å². The Morgan fingerprint density at radius 2 is 2.14 bits per heavy atom. The summed E-state index contributed by atoms with van der Waals surface area (Å²) in [7, 11) is 0. The first kappa shape index (κ1) is 14.4. The lowest BCUT2D eigenvalue weighted by Gasteiger charge is -2.09. The molecule has 0 aliphatic heterocycles. The number of nitrogen functional groups attached to an aromatic ring is 1. The summed E-state index contributed by atoms with van der Waals surface area (Å²) in [5, 5.41) is 4.03. The number of hydrogen-bond donors (Lipinski definition) is 2. The summed E-state index contributed by atoms with van der Waals surface area (Å²) in [4.78, 5) is 13.0. The highest BCUT2D eigenvalue weighted by Gasteiger charge is 2.18. The first-order chi connectivity index (χ1) is 10.1. The summed E-state index contributed by atoms with van der Waals surface area (Å²) in [6.45, 7) is 2.81. The molecule has 1 aromatic heterocycles. The van der Waals surface area contributed by atoms with Crippen LogP contribution in [0.5, 0.6) is 0 Å². The van der Waals surface area contributed by atoms with Gasteiger partial charge in [0.05, 0.1) is 5.69 Å². The SMILES string of the molecule is Cc1ccc2c(N)c(C(=O)NCCC3CCCC3)sc2c1. The number of rotatable bonds is 4. The van der Waals surface area contributed by atoms with Crippen LogP contribution in [-0.2, 0) is 0 Å². The van der Waals surface area contributed by atoms with E-state index in [0.717, 1.165) is 29.0 Å².